The molecule has 1 aromatic rings. The fourth-order valence-electron chi connectivity index (χ4n) is 3.39. The number of nitrogens with zero attached hydrogens (tertiary/aromatic N) is 2. The number of aliphatic imine (C=N–C) groups is 1. The van der Waals surface area contributed by atoms with Crippen LogP contribution in [0, 0.1) is 6.92 Å². The number of rotatable bonds is 4. The van der Waals surface area contributed by atoms with Crippen molar-refractivity contribution in [3.05, 3.63) is 35.4 Å². The summed E-state index contributed by atoms with van der Waals surface area (Å²) < 4.78 is 11.7. The third-order valence-electron chi connectivity index (χ3n) is 4.80. The van der Waals surface area contributed by atoms with Crippen LogP contribution in [0.3, 0.4) is 0 Å². The average Bonchev–Trinajstić information content (AvgIpc) is 3.15. The van der Waals surface area contributed by atoms with Crippen LogP contribution in [0.1, 0.15) is 24.0 Å². The zero-order valence-electron chi connectivity index (χ0n) is 15.2. The number of aryl methyl sites for hydroxylation is 1. The van der Waals surface area contributed by atoms with E-state index in [1.54, 1.807) is 0 Å². The topological polar surface area (TPSA) is 46.1 Å². The van der Waals surface area contributed by atoms with Gasteiger partial charge in [0.2, 0.25) is 0 Å². The molecule has 0 amide bonds. The molecule has 0 saturated carbocycles. The van der Waals surface area contributed by atoms with Crippen LogP contribution in [0.25, 0.3) is 0 Å². The average molecular weight is 459 g/mol. The van der Waals surface area contributed by atoms with Crippen molar-refractivity contribution in [2.45, 2.75) is 38.4 Å². The van der Waals surface area contributed by atoms with Crippen molar-refractivity contribution >= 4 is 29.9 Å². The first-order chi connectivity index (χ1) is 11.8. The third kappa shape index (κ3) is 5.82. The first-order valence-electron chi connectivity index (χ1n) is 9.00. The Morgan fingerprint density at radius 1 is 1.20 bits per heavy atom. The summed E-state index contributed by atoms with van der Waals surface area (Å²) in [6.45, 7) is 6.35. The summed E-state index contributed by atoms with van der Waals surface area (Å²) in [5.41, 5.74) is 2.65. The summed E-state index contributed by atoms with van der Waals surface area (Å²) in [6.07, 6.45) is 3.67. The molecule has 2 fully saturated rings. The minimum atomic E-state index is 0. The normalized spacial score (nSPS) is 24.1. The molecule has 5 nitrogen and oxygen atoms in total. The minimum absolute atomic E-state index is 0. The molecule has 1 aromatic carbocycles. The van der Waals surface area contributed by atoms with Crippen molar-refractivity contribution in [2.24, 2.45) is 4.99 Å². The summed E-state index contributed by atoms with van der Waals surface area (Å²) in [6, 6.07) is 8.72. The van der Waals surface area contributed by atoms with E-state index in [9.17, 15) is 0 Å². The molecule has 0 radical (unpaired) electrons. The van der Waals surface area contributed by atoms with Crippen molar-refractivity contribution in [3.63, 3.8) is 0 Å². The van der Waals surface area contributed by atoms with Crippen LogP contribution in [0.15, 0.2) is 29.3 Å². The van der Waals surface area contributed by atoms with Crippen LogP contribution in [0.2, 0.25) is 0 Å². The summed E-state index contributed by atoms with van der Waals surface area (Å²) >= 11 is 0. The van der Waals surface area contributed by atoms with Gasteiger partial charge < -0.3 is 19.7 Å². The molecule has 0 aromatic heterocycles. The van der Waals surface area contributed by atoms with Crippen LogP contribution in [0.5, 0.6) is 0 Å². The van der Waals surface area contributed by atoms with E-state index in [0.29, 0.717) is 0 Å². The lowest BCUT2D eigenvalue weighted by Crippen LogP contribution is -2.53. The highest BCUT2D eigenvalue weighted by Gasteiger charge is 2.32. The highest BCUT2D eigenvalue weighted by atomic mass is 127. The molecule has 25 heavy (non-hydrogen) atoms. The SMILES string of the molecule is CN=C(NCCc1ccc(C)cc1)N1CCOC(C2CCCO2)C1.I. The van der Waals surface area contributed by atoms with E-state index in [0.717, 1.165) is 58.1 Å². The quantitative estimate of drug-likeness (QED) is 0.427. The van der Waals surface area contributed by atoms with Crippen molar-refractivity contribution in [3.8, 4) is 0 Å². The third-order valence-corrected chi connectivity index (χ3v) is 4.80. The molecule has 0 bridgehead atoms. The lowest BCUT2D eigenvalue weighted by Gasteiger charge is -2.37. The molecule has 2 heterocycles. The van der Waals surface area contributed by atoms with Gasteiger partial charge in [-0.2, -0.15) is 0 Å². The second-order valence-electron chi connectivity index (χ2n) is 6.62. The molecule has 2 aliphatic rings. The molecule has 2 atom stereocenters. The minimum Gasteiger partial charge on any atom is -0.375 e. The highest BCUT2D eigenvalue weighted by molar-refractivity contribution is 14.0. The van der Waals surface area contributed by atoms with Gasteiger partial charge in [0.15, 0.2) is 5.96 Å². The summed E-state index contributed by atoms with van der Waals surface area (Å²) in [7, 11) is 1.85. The van der Waals surface area contributed by atoms with Gasteiger partial charge in [0.05, 0.1) is 12.7 Å². The number of guanidine groups is 1. The Hall–Kier alpha value is -0.860. The Balaban J connectivity index is 0.00000225. The van der Waals surface area contributed by atoms with Crippen LogP contribution in [-0.4, -0.2) is 63.0 Å². The fraction of sp³-hybridized carbons (Fsp3) is 0.632. The molecule has 0 spiro atoms. The molecule has 140 valence electrons. The van der Waals surface area contributed by atoms with Gasteiger partial charge in [-0.3, -0.25) is 4.99 Å². The van der Waals surface area contributed by atoms with Gasteiger partial charge >= 0.3 is 0 Å². The van der Waals surface area contributed by atoms with Gasteiger partial charge in [-0.1, -0.05) is 29.8 Å². The number of benzene rings is 1. The first-order valence-corrected chi connectivity index (χ1v) is 9.00. The van der Waals surface area contributed by atoms with Crippen molar-refractivity contribution in [1.29, 1.82) is 0 Å². The maximum atomic E-state index is 5.92. The van der Waals surface area contributed by atoms with Crippen LogP contribution >= 0.6 is 24.0 Å². The van der Waals surface area contributed by atoms with E-state index < -0.39 is 0 Å². The second kappa shape index (κ2) is 10.3. The maximum Gasteiger partial charge on any atom is 0.193 e. The molecule has 3 rings (SSSR count). The molecule has 1 N–H and O–H groups in total. The Morgan fingerprint density at radius 2 is 1.96 bits per heavy atom. The zero-order chi connectivity index (χ0) is 16.8. The van der Waals surface area contributed by atoms with E-state index in [1.165, 1.54) is 11.1 Å². The number of ether oxygens (including phenoxy) is 2. The van der Waals surface area contributed by atoms with Crippen molar-refractivity contribution in [2.75, 3.05) is 39.9 Å². The smallest absolute Gasteiger partial charge is 0.193 e. The van der Waals surface area contributed by atoms with Gasteiger partial charge in [-0.15, -0.1) is 24.0 Å². The number of hydrogen-bond acceptors (Lipinski definition) is 3. The van der Waals surface area contributed by atoms with Gasteiger partial charge in [0.1, 0.15) is 6.10 Å². The maximum absolute atomic E-state index is 5.92. The Bertz CT molecular complexity index is 544. The lowest BCUT2D eigenvalue weighted by atomic mass is 10.1. The van der Waals surface area contributed by atoms with E-state index in [4.69, 9.17) is 9.47 Å². The highest BCUT2D eigenvalue weighted by Crippen LogP contribution is 2.21. The molecule has 0 aliphatic carbocycles. The summed E-state index contributed by atoms with van der Waals surface area (Å²) in [5, 5.41) is 3.49. The van der Waals surface area contributed by atoms with Crippen LogP contribution in [0.4, 0.5) is 0 Å². The van der Waals surface area contributed by atoms with Crippen LogP contribution in [-0.2, 0) is 15.9 Å². The summed E-state index contributed by atoms with van der Waals surface area (Å²) in [5.74, 6) is 0.966. The molecule has 6 heteroatoms. The molecular weight excluding hydrogens is 429 g/mol. The molecule has 2 saturated heterocycles. The van der Waals surface area contributed by atoms with Crippen LogP contribution < -0.4 is 5.32 Å². The van der Waals surface area contributed by atoms with Gasteiger partial charge in [0.25, 0.3) is 0 Å². The van der Waals surface area contributed by atoms with E-state index in [2.05, 4.69) is 46.4 Å². The monoisotopic (exact) mass is 459 g/mol. The Morgan fingerprint density at radius 3 is 2.64 bits per heavy atom. The van der Waals surface area contributed by atoms with Gasteiger partial charge in [-0.25, -0.2) is 0 Å². The second-order valence-corrected chi connectivity index (χ2v) is 6.62. The van der Waals surface area contributed by atoms with Crippen molar-refractivity contribution < 1.29 is 9.47 Å². The van der Waals surface area contributed by atoms with E-state index in [1.807, 2.05) is 7.05 Å². The fourth-order valence-corrected chi connectivity index (χ4v) is 3.39. The number of nitrogens with one attached hydrogen (secondary N) is 1. The lowest BCUT2D eigenvalue weighted by molar-refractivity contribution is -0.0816. The standard InChI is InChI=1S/C19H29N3O2.HI/c1-15-5-7-16(8-6-15)9-10-21-19(20-2)22-11-13-24-18(14-22)17-4-3-12-23-17;/h5-8,17-18H,3-4,9-14H2,1-2H3,(H,20,21);1H. The largest absolute Gasteiger partial charge is 0.375 e. The van der Waals surface area contributed by atoms with E-state index >= 15 is 0 Å². The number of hydrogen-bond donors (Lipinski definition) is 1. The van der Waals surface area contributed by atoms with Crippen molar-refractivity contribution in [1.82, 2.24) is 10.2 Å². The Kier molecular flexibility index (Phi) is 8.45. The number of morpholine rings is 1. The summed E-state index contributed by atoms with van der Waals surface area (Å²) in [4.78, 5) is 6.75. The van der Waals surface area contributed by atoms with E-state index in [-0.39, 0.29) is 36.2 Å². The zero-order valence-corrected chi connectivity index (χ0v) is 17.6. The van der Waals surface area contributed by atoms with Gasteiger partial charge in [0, 0.05) is 33.3 Å². The predicted molar refractivity (Wildman–Crippen MR) is 112 cm³/mol. The molecular formula is C19H30IN3O2. The first kappa shape index (κ1) is 20.5. The molecule has 2 unspecified atom stereocenters. The number of halogens is 1. The van der Waals surface area contributed by atoms with Gasteiger partial charge in [-0.05, 0) is 31.7 Å². The molecule has 2 aliphatic heterocycles. The predicted octanol–water partition coefficient (Wildman–Crippen LogP) is 2.61. The Labute approximate surface area is 168 Å².